The lowest BCUT2D eigenvalue weighted by Gasteiger charge is -2.38. The molecule has 0 spiro atoms. The van der Waals surface area contributed by atoms with E-state index in [1.807, 2.05) is 6.07 Å². The molecule has 1 saturated heterocycles. The normalized spacial score (nSPS) is 18.0. The van der Waals surface area contributed by atoms with Crippen LogP contribution in [0.25, 0.3) is 0 Å². The quantitative estimate of drug-likeness (QED) is 0.850. The van der Waals surface area contributed by atoms with Gasteiger partial charge in [0.25, 0.3) is 5.91 Å². The molecule has 0 aliphatic carbocycles. The van der Waals surface area contributed by atoms with E-state index in [9.17, 15) is 18.0 Å². The maximum atomic E-state index is 12.7. The number of methoxy groups -OCH3 is 1. The first-order valence-corrected chi connectivity index (χ1v) is 7.51. The third kappa shape index (κ3) is 4.45. The van der Waals surface area contributed by atoms with Crippen LogP contribution < -0.4 is 0 Å². The summed E-state index contributed by atoms with van der Waals surface area (Å²) in [6.07, 6.45) is -4.24. The summed E-state index contributed by atoms with van der Waals surface area (Å²) >= 11 is 0. The van der Waals surface area contributed by atoms with E-state index in [0.717, 1.165) is 12.5 Å². The molecule has 0 radical (unpaired) electrons. The van der Waals surface area contributed by atoms with Gasteiger partial charge in [-0.25, -0.2) is 0 Å². The van der Waals surface area contributed by atoms with Gasteiger partial charge in [0.15, 0.2) is 0 Å². The SMILES string of the molecule is COCc1cccc(C(=O)N2CCN([C@H](C)C(F)(F)F)CC2)c1. The summed E-state index contributed by atoms with van der Waals surface area (Å²) in [5, 5.41) is 0. The highest BCUT2D eigenvalue weighted by molar-refractivity contribution is 5.94. The molecule has 1 aromatic carbocycles. The van der Waals surface area contributed by atoms with Gasteiger partial charge >= 0.3 is 6.18 Å². The van der Waals surface area contributed by atoms with Crippen molar-refractivity contribution in [1.82, 2.24) is 9.80 Å². The molecule has 23 heavy (non-hydrogen) atoms. The minimum Gasteiger partial charge on any atom is -0.380 e. The van der Waals surface area contributed by atoms with E-state index < -0.39 is 12.2 Å². The molecule has 0 unspecified atom stereocenters. The van der Waals surface area contributed by atoms with Crippen molar-refractivity contribution in [2.45, 2.75) is 25.7 Å². The molecule has 0 aromatic heterocycles. The highest BCUT2D eigenvalue weighted by Gasteiger charge is 2.41. The van der Waals surface area contributed by atoms with Crippen molar-refractivity contribution in [3.05, 3.63) is 35.4 Å². The highest BCUT2D eigenvalue weighted by atomic mass is 19.4. The summed E-state index contributed by atoms with van der Waals surface area (Å²) in [5.74, 6) is -0.151. The number of halogens is 3. The van der Waals surface area contributed by atoms with Gasteiger partial charge in [-0.05, 0) is 24.6 Å². The number of benzene rings is 1. The topological polar surface area (TPSA) is 32.8 Å². The Morgan fingerprint density at radius 3 is 2.48 bits per heavy atom. The van der Waals surface area contributed by atoms with Crippen molar-refractivity contribution in [3.8, 4) is 0 Å². The van der Waals surface area contributed by atoms with Crippen LogP contribution in [-0.2, 0) is 11.3 Å². The molecule has 1 heterocycles. The molecule has 1 aliphatic heterocycles. The van der Waals surface area contributed by atoms with Gasteiger partial charge in [-0.2, -0.15) is 13.2 Å². The fourth-order valence-electron chi connectivity index (χ4n) is 2.66. The molecule has 1 aromatic rings. The largest absolute Gasteiger partial charge is 0.403 e. The first kappa shape index (κ1) is 17.7. The van der Waals surface area contributed by atoms with E-state index in [2.05, 4.69) is 0 Å². The Kier molecular flexibility index (Phi) is 5.64. The van der Waals surface area contributed by atoms with E-state index >= 15 is 0 Å². The maximum Gasteiger partial charge on any atom is 0.403 e. The molecule has 1 fully saturated rings. The van der Waals surface area contributed by atoms with Crippen molar-refractivity contribution in [2.75, 3.05) is 33.3 Å². The summed E-state index contributed by atoms with van der Waals surface area (Å²) in [5.41, 5.74) is 1.43. The summed E-state index contributed by atoms with van der Waals surface area (Å²) in [6.45, 7) is 2.62. The molecule has 1 atom stereocenters. The van der Waals surface area contributed by atoms with Crippen LogP contribution in [0, 0.1) is 0 Å². The fourth-order valence-corrected chi connectivity index (χ4v) is 2.66. The second-order valence-corrected chi connectivity index (χ2v) is 5.68. The monoisotopic (exact) mass is 330 g/mol. The van der Waals surface area contributed by atoms with Gasteiger partial charge in [0.1, 0.15) is 6.04 Å². The second kappa shape index (κ2) is 7.31. The van der Waals surface area contributed by atoms with E-state index in [0.29, 0.717) is 25.3 Å². The summed E-state index contributed by atoms with van der Waals surface area (Å²) in [6, 6.07) is 5.64. The predicted octanol–water partition coefficient (Wildman–Crippen LogP) is 2.54. The van der Waals surface area contributed by atoms with Crippen LogP contribution >= 0.6 is 0 Å². The van der Waals surface area contributed by atoms with E-state index in [1.54, 1.807) is 30.2 Å². The van der Waals surface area contributed by atoms with Crippen LogP contribution in [0.5, 0.6) is 0 Å². The van der Waals surface area contributed by atoms with Crippen LogP contribution in [0.4, 0.5) is 13.2 Å². The van der Waals surface area contributed by atoms with Crippen LogP contribution in [0.2, 0.25) is 0 Å². The lowest BCUT2D eigenvalue weighted by atomic mass is 10.1. The Morgan fingerprint density at radius 1 is 1.26 bits per heavy atom. The van der Waals surface area contributed by atoms with Crippen molar-refractivity contribution in [2.24, 2.45) is 0 Å². The second-order valence-electron chi connectivity index (χ2n) is 5.68. The zero-order chi connectivity index (χ0) is 17.0. The Labute approximate surface area is 133 Å². The zero-order valence-electron chi connectivity index (χ0n) is 13.3. The fraction of sp³-hybridized carbons (Fsp3) is 0.562. The number of rotatable bonds is 4. The Morgan fingerprint density at radius 2 is 1.91 bits per heavy atom. The van der Waals surface area contributed by atoms with Gasteiger partial charge in [-0.1, -0.05) is 12.1 Å². The number of alkyl halides is 3. The molecule has 1 aliphatic rings. The van der Waals surface area contributed by atoms with Gasteiger partial charge in [-0.15, -0.1) is 0 Å². The summed E-state index contributed by atoms with van der Waals surface area (Å²) in [7, 11) is 1.58. The lowest BCUT2D eigenvalue weighted by molar-refractivity contribution is -0.181. The molecule has 0 saturated carbocycles. The average molecular weight is 330 g/mol. The number of hydrogen-bond acceptors (Lipinski definition) is 3. The smallest absolute Gasteiger partial charge is 0.380 e. The van der Waals surface area contributed by atoms with E-state index in [-0.39, 0.29) is 19.0 Å². The van der Waals surface area contributed by atoms with Crippen LogP contribution in [-0.4, -0.2) is 61.2 Å². The first-order chi connectivity index (χ1) is 10.8. The number of amides is 1. The van der Waals surface area contributed by atoms with Gasteiger partial charge in [0, 0.05) is 38.9 Å². The molecule has 4 nitrogen and oxygen atoms in total. The predicted molar refractivity (Wildman–Crippen MR) is 80.1 cm³/mol. The molecular formula is C16H21F3N2O2. The number of carbonyl (C=O) groups excluding carboxylic acids is 1. The Hall–Kier alpha value is -1.60. The molecule has 128 valence electrons. The van der Waals surface area contributed by atoms with Gasteiger partial charge in [-0.3, -0.25) is 9.69 Å². The van der Waals surface area contributed by atoms with Crippen LogP contribution in [0.3, 0.4) is 0 Å². The first-order valence-electron chi connectivity index (χ1n) is 7.51. The summed E-state index contributed by atoms with van der Waals surface area (Å²) < 4.78 is 43.3. The zero-order valence-corrected chi connectivity index (χ0v) is 13.3. The van der Waals surface area contributed by atoms with E-state index in [4.69, 9.17) is 4.74 Å². The molecular weight excluding hydrogens is 309 g/mol. The van der Waals surface area contributed by atoms with E-state index in [1.165, 1.54) is 4.90 Å². The molecule has 1 amide bonds. The standard InChI is InChI=1S/C16H21F3N2O2/c1-12(16(17,18)19)20-6-8-21(9-7-20)15(22)14-5-3-4-13(10-14)11-23-2/h3-5,10,12H,6-9,11H2,1-2H3/t12-/m1/s1. The van der Waals surface area contributed by atoms with Crippen molar-refractivity contribution in [1.29, 1.82) is 0 Å². The molecule has 0 bridgehead atoms. The number of hydrogen-bond donors (Lipinski definition) is 0. The van der Waals surface area contributed by atoms with Crippen LogP contribution in [0.15, 0.2) is 24.3 Å². The third-order valence-corrected chi connectivity index (χ3v) is 4.11. The number of carbonyl (C=O) groups is 1. The maximum absolute atomic E-state index is 12.7. The van der Waals surface area contributed by atoms with Gasteiger partial charge < -0.3 is 9.64 Å². The number of piperazine rings is 1. The van der Waals surface area contributed by atoms with Crippen molar-refractivity contribution >= 4 is 5.91 Å². The van der Waals surface area contributed by atoms with Gasteiger partial charge in [0.2, 0.25) is 0 Å². The molecule has 0 N–H and O–H groups in total. The Balaban J connectivity index is 1.97. The van der Waals surface area contributed by atoms with Crippen molar-refractivity contribution < 1.29 is 22.7 Å². The minimum absolute atomic E-state index is 0.151. The highest BCUT2D eigenvalue weighted by Crippen LogP contribution is 2.25. The summed E-state index contributed by atoms with van der Waals surface area (Å²) in [4.78, 5) is 15.4. The minimum atomic E-state index is -4.24. The average Bonchev–Trinajstić information content (AvgIpc) is 2.53. The number of nitrogens with zero attached hydrogens (tertiary/aromatic N) is 2. The molecule has 7 heteroatoms. The van der Waals surface area contributed by atoms with Crippen LogP contribution in [0.1, 0.15) is 22.8 Å². The Bertz CT molecular complexity index is 540. The van der Waals surface area contributed by atoms with Crippen molar-refractivity contribution in [3.63, 3.8) is 0 Å². The molecule has 2 rings (SSSR count). The van der Waals surface area contributed by atoms with Gasteiger partial charge in [0.05, 0.1) is 6.61 Å². The lowest BCUT2D eigenvalue weighted by Crippen LogP contribution is -2.54. The number of ether oxygens (including phenoxy) is 1. The third-order valence-electron chi connectivity index (χ3n) is 4.11.